The van der Waals surface area contributed by atoms with Crippen molar-refractivity contribution >= 4 is 11.6 Å². The van der Waals surface area contributed by atoms with Crippen LogP contribution in [0.3, 0.4) is 0 Å². The molecular weight excluding hydrogens is 206 g/mol. The Morgan fingerprint density at radius 2 is 1.87 bits per heavy atom. The Morgan fingerprint density at radius 3 is 2.40 bits per heavy atom. The first kappa shape index (κ1) is 9.68. The summed E-state index contributed by atoms with van der Waals surface area (Å²) in [4.78, 5) is 0. The third-order valence-electron chi connectivity index (χ3n) is 3.62. The van der Waals surface area contributed by atoms with E-state index in [-0.39, 0.29) is 0 Å². The van der Waals surface area contributed by atoms with Gasteiger partial charge in [0, 0.05) is 23.0 Å². The van der Waals surface area contributed by atoms with E-state index in [4.69, 9.17) is 11.6 Å². The second-order valence-electron chi connectivity index (χ2n) is 4.94. The molecule has 0 atom stereocenters. The van der Waals surface area contributed by atoms with Crippen LogP contribution in [-0.4, -0.2) is 12.6 Å². The van der Waals surface area contributed by atoms with Gasteiger partial charge in [-0.25, -0.2) is 0 Å². The lowest BCUT2D eigenvalue weighted by molar-refractivity contribution is 0.572. The van der Waals surface area contributed by atoms with E-state index >= 15 is 0 Å². The fraction of sp³-hybridized carbons (Fsp3) is 0.538. The molecule has 0 amide bonds. The van der Waals surface area contributed by atoms with Crippen molar-refractivity contribution in [2.24, 2.45) is 0 Å². The summed E-state index contributed by atoms with van der Waals surface area (Å²) in [6.45, 7) is 1.15. The Hall–Kier alpha value is -0.530. The second-order valence-corrected chi connectivity index (χ2v) is 5.38. The molecule has 0 aromatic heterocycles. The van der Waals surface area contributed by atoms with Gasteiger partial charge in [0.2, 0.25) is 0 Å². The number of hydrogen-bond donors (Lipinski definition) is 1. The van der Waals surface area contributed by atoms with Crippen LogP contribution in [0.4, 0.5) is 0 Å². The Kier molecular flexibility index (Phi) is 2.26. The molecule has 2 fully saturated rings. The third kappa shape index (κ3) is 2.04. The van der Waals surface area contributed by atoms with Gasteiger partial charge in [0.1, 0.15) is 0 Å². The maximum atomic E-state index is 5.90. The zero-order valence-electron chi connectivity index (χ0n) is 8.80. The van der Waals surface area contributed by atoms with E-state index in [1.807, 2.05) is 12.1 Å². The zero-order valence-corrected chi connectivity index (χ0v) is 9.56. The number of nitrogens with one attached hydrogen (secondary N) is 1. The van der Waals surface area contributed by atoms with Gasteiger partial charge < -0.3 is 5.32 Å². The quantitative estimate of drug-likeness (QED) is 0.824. The minimum absolute atomic E-state index is 0.438. The van der Waals surface area contributed by atoms with Gasteiger partial charge in [0.15, 0.2) is 0 Å². The lowest BCUT2D eigenvalue weighted by atomic mass is 9.96. The van der Waals surface area contributed by atoms with Crippen LogP contribution >= 0.6 is 11.6 Å². The van der Waals surface area contributed by atoms with Gasteiger partial charge in [-0.1, -0.05) is 23.7 Å². The molecule has 1 N–H and O–H groups in total. The molecule has 0 saturated heterocycles. The van der Waals surface area contributed by atoms with Crippen molar-refractivity contribution in [1.82, 2.24) is 5.32 Å². The Balaban J connectivity index is 1.71. The van der Waals surface area contributed by atoms with Crippen LogP contribution in [0.15, 0.2) is 24.3 Å². The predicted molar refractivity (Wildman–Crippen MR) is 63.4 cm³/mol. The summed E-state index contributed by atoms with van der Waals surface area (Å²) < 4.78 is 0. The van der Waals surface area contributed by atoms with Gasteiger partial charge in [-0.3, -0.25) is 0 Å². The first-order chi connectivity index (χ1) is 7.28. The maximum Gasteiger partial charge on any atom is 0.0406 e. The highest BCUT2D eigenvalue weighted by molar-refractivity contribution is 6.30. The van der Waals surface area contributed by atoms with Crippen LogP contribution in [0.25, 0.3) is 0 Å². The first-order valence-electron chi connectivity index (χ1n) is 5.78. The zero-order chi connectivity index (χ0) is 10.3. The minimum atomic E-state index is 0.438. The van der Waals surface area contributed by atoms with Gasteiger partial charge in [-0.05, 0) is 43.4 Å². The van der Waals surface area contributed by atoms with Gasteiger partial charge in [-0.15, -0.1) is 0 Å². The minimum Gasteiger partial charge on any atom is -0.313 e. The molecule has 2 aliphatic carbocycles. The average Bonchev–Trinajstić information content (AvgIpc) is 3.12. The van der Waals surface area contributed by atoms with E-state index in [0.717, 1.165) is 17.6 Å². The SMILES string of the molecule is Clc1ccc(C2(CNC3CC3)CC2)cc1. The van der Waals surface area contributed by atoms with E-state index in [1.54, 1.807) is 0 Å². The van der Waals surface area contributed by atoms with Gasteiger partial charge in [0.05, 0.1) is 0 Å². The van der Waals surface area contributed by atoms with Crippen molar-refractivity contribution in [1.29, 1.82) is 0 Å². The summed E-state index contributed by atoms with van der Waals surface area (Å²) in [6, 6.07) is 9.20. The topological polar surface area (TPSA) is 12.0 Å². The molecular formula is C13H16ClN. The van der Waals surface area contributed by atoms with Crippen molar-refractivity contribution in [3.8, 4) is 0 Å². The highest BCUT2D eigenvalue weighted by Crippen LogP contribution is 2.48. The molecule has 1 aromatic rings. The van der Waals surface area contributed by atoms with Gasteiger partial charge in [-0.2, -0.15) is 0 Å². The molecule has 2 saturated carbocycles. The second kappa shape index (κ2) is 3.50. The van der Waals surface area contributed by atoms with E-state index < -0.39 is 0 Å². The van der Waals surface area contributed by atoms with E-state index in [1.165, 1.54) is 31.2 Å². The van der Waals surface area contributed by atoms with E-state index in [0.29, 0.717) is 5.41 Å². The third-order valence-corrected chi connectivity index (χ3v) is 3.87. The summed E-state index contributed by atoms with van der Waals surface area (Å²) >= 11 is 5.90. The largest absolute Gasteiger partial charge is 0.313 e. The number of rotatable bonds is 4. The number of hydrogen-bond acceptors (Lipinski definition) is 1. The fourth-order valence-corrected chi connectivity index (χ4v) is 2.27. The summed E-state index contributed by atoms with van der Waals surface area (Å²) in [5.74, 6) is 0. The smallest absolute Gasteiger partial charge is 0.0406 e. The molecule has 3 rings (SSSR count). The Morgan fingerprint density at radius 1 is 1.20 bits per heavy atom. The summed E-state index contributed by atoms with van der Waals surface area (Å²) in [6.07, 6.45) is 5.40. The lowest BCUT2D eigenvalue weighted by Gasteiger charge is -2.16. The molecule has 2 heteroatoms. The van der Waals surface area contributed by atoms with Crippen LogP contribution < -0.4 is 5.32 Å². The monoisotopic (exact) mass is 221 g/mol. The molecule has 0 aliphatic heterocycles. The standard InChI is InChI=1S/C13H16ClN/c14-11-3-1-10(2-4-11)13(7-8-13)9-15-12-5-6-12/h1-4,12,15H,5-9H2. The van der Waals surface area contributed by atoms with E-state index in [9.17, 15) is 0 Å². The van der Waals surface area contributed by atoms with Crippen molar-refractivity contribution in [2.75, 3.05) is 6.54 Å². The molecule has 2 aliphatic rings. The molecule has 0 unspecified atom stereocenters. The molecule has 1 nitrogen and oxygen atoms in total. The highest BCUT2D eigenvalue weighted by atomic mass is 35.5. The molecule has 80 valence electrons. The lowest BCUT2D eigenvalue weighted by Crippen LogP contribution is -2.28. The van der Waals surface area contributed by atoms with Crippen LogP contribution in [0, 0.1) is 0 Å². The average molecular weight is 222 g/mol. The van der Waals surface area contributed by atoms with Crippen molar-refractivity contribution in [3.05, 3.63) is 34.9 Å². The fourth-order valence-electron chi connectivity index (χ4n) is 2.15. The maximum absolute atomic E-state index is 5.90. The highest BCUT2D eigenvalue weighted by Gasteiger charge is 2.44. The predicted octanol–water partition coefficient (Wildman–Crippen LogP) is 3.12. The number of halogens is 1. The van der Waals surface area contributed by atoms with Crippen LogP contribution in [0.2, 0.25) is 5.02 Å². The molecule has 0 radical (unpaired) electrons. The van der Waals surface area contributed by atoms with Crippen LogP contribution in [-0.2, 0) is 5.41 Å². The van der Waals surface area contributed by atoms with E-state index in [2.05, 4.69) is 17.4 Å². The molecule has 1 aromatic carbocycles. The van der Waals surface area contributed by atoms with Crippen LogP contribution in [0.1, 0.15) is 31.2 Å². The van der Waals surface area contributed by atoms with Gasteiger partial charge >= 0.3 is 0 Å². The first-order valence-corrected chi connectivity index (χ1v) is 6.16. The van der Waals surface area contributed by atoms with Crippen molar-refractivity contribution < 1.29 is 0 Å². The summed E-state index contributed by atoms with van der Waals surface area (Å²) in [5, 5.41) is 4.48. The Bertz CT molecular complexity index is 349. The van der Waals surface area contributed by atoms with Crippen molar-refractivity contribution in [3.63, 3.8) is 0 Å². The number of benzene rings is 1. The Labute approximate surface area is 95.8 Å². The molecule has 0 heterocycles. The summed E-state index contributed by atoms with van der Waals surface area (Å²) in [7, 11) is 0. The van der Waals surface area contributed by atoms with Gasteiger partial charge in [0.25, 0.3) is 0 Å². The normalized spacial score (nSPS) is 22.7. The van der Waals surface area contributed by atoms with Crippen molar-refractivity contribution in [2.45, 2.75) is 37.1 Å². The molecule has 0 bridgehead atoms. The molecule has 15 heavy (non-hydrogen) atoms. The summed E-state index contributed by atoms with van der Waals surface area (Å²) in [5.41, 5.74) is 1.90. The van der Waals surface area contributed by atoms with Crippen LogP contribution in [0.5, 0.6) is 0 Å². The molecule has 0 spiro atoms.